The van der Waals surface area contributed by atoms with E-state index in [1.807, 2.05) is 0 Å². The molecule has 0 atom stereocenters. The Kier molecular flexibility index (Phi) is 6.31. The molecule has 0 aliphatic heterocycles. The van der Waals surface area contributed by atoms with Gasteiger partial charge in [-0.2, -0.15) is 8.42 Å². The van der Waals surface area contributed by atoms with E-state index in [9.17, 15) is 22.7 Å². The van der Waals surface area contributed by atoms with Crippen molar-refractivity contribution in [2.45, 2.75) is 10.8 Å². The number of aromatic nitrogens is 1. The van der Waals surface area contributed by atoms with Gasteiger partial charge in [0.2, 0.25) is 0 Å². The fraction of sp³-hybridized carbons (Fsp3) is 0.0417. The molecule has 0 saturated carbocycles. The molecule has 0 radical (unpaired) electrons. The van der Waals surface area contributed by atoms with Crippen LogP contribution in [0.5, 0.6) is 0 Å². The molecule has 0 aliphatic rings. The molecular weight excluding hydrogens is 463 g/mol. The smallest absolute Gasteiger partial charge is 0.337 e. The molecule has 6 nitrogen and oxygen atoms in total. The third kappa shape index (κ3) is 4.82. The van der Waals surface area contributed by atoms with Crippen molar-refractivity contribution in [2.75, 3.05) is 0 Å². The quantitative estimate of drug-likeness (QED) is 0.324. The zero-order chi connectivity index (χ0) is 23.4. The van der Waals surface area contributed by atoms with Gasteiger partial charge in [-0.15, -0.1) is 11.3 Å². The molecule has 2 heterocycles. The molecule has 0 bridgehead atoms. The maximum atomic E-state index is 13.3. The highest BCUT2D eigenvalue weighted by Gasteiger charge is 2.24. The summed E-state index contributed by atoms with van der Waals surface area (Å²) < 4.78 is 42.5. The van der Waals surface area contributed by atoms with E-state index in [2.05, 4.69) is 12.0 Å². The van der Waals surface area contributed by atoms with Crippen molar-refractivity contribution in [3.05, 3.63) is 107 Å². The minimum absolute atomic E-state index is 0.0317. The molecule has 0 unspecified atom stereocenters. The average Bonchev–Trinajstić information content (AvgIpc) is 3.52. The standard InChI is InChI=1S/C24H17FN2O4S2/c25-20-10-8-18(9-11-20)17-27(33(30,31)22-7-4-16-32-22)15-12-19-5-3-6-21(24(28)29)23(19)26-13-1-2-14-26/h1-11,13-14,16H,17H2,(H,28,29). The van der Waals surface area contributed by atoms with Crippen LogP contribution in [0.25, 0.3) is 5.69 Å². The highest BCUT2D eigenvalue weighted by molar-refractivity contribution is 7.91. The molecule has 2 aromatic carbocycles. The topological polar surface area (TPSA) is 79.6 Å². The summed E-state index contributed by atoms with van der Waals surface area (Å²) in [5.41, 5.74) is 1.26. The van der Waals surface area contributed by atoms with Gasteiger partial charge in [0, 0.05) is 18.4 Å². The molecule has 4 rings (SSSR count). The molecule has 0 aliphatic carbocycles. The number of benzene rings is 2. The minimum Gasteiger partial charge on any atom is -0.478 e. The molecule has 0 fully saturated rings. The summed E-state index contributed by atoms with van der Waals surface area (Å²) in [7, 11) is -3.97. The highest BCUT2D eigenvalue weighted by Crippen LogP contribution is 2.24. The SMILES string of the molecule is O=C(O)c1cccc(C#CN(Cc2ccc(F)cc2)S(=O)(=O)c2cccs2)c1-n1cccc1. The van der Waals surface area contributed by atoms with Crippen LogP contribution >= 0.6 is 11.3 Å². The van der Waals surface area contributed by atoms with Crippen molar-refractivity contribution in [2.24, 2.45) is 0 Å². The zero-order valence-corrected chi connectivity index (χ0v) is 18.7. The van der Waals surface area contributed by atoms with E-state index >= 15 is 0 Å². The summed E-state index contributed by atoms with van der Waals surface area (Å²) >= 11 is 1.06. The second kappa shape index (κ2) is 9.32. The summed E-state index contributed by atoms with van der Waals surface area (Å²) in [6, 6.07) is 19.4. The third-order valence-corrected chi connectivity index (χ3v) is 7.75. The Hall–Kier alpha value is -3.87. The highest BCUT2D eigenvalue weighted by atomic mass is 32.2. The first kappa shape index (κ1) is 22.3. The molecule has 9 heteroatoms. The number of rotatable bonds is 6. The van der Waals surface area contributed by atoms with Crippen molar-refractivity contribution in [3.8, 4) is 17.7 Å². The summed E-state index contributed by atoms with van der Waals surface area (Å²) in [6.07, 6.45) is 3.37. The molecule has 4 aromatic rings. The number of nitrogens with zero attached hydrogens (tertiary/aromatic N) is 2. The Morgan fingerprint density at radius 3 is 2.39 bits per heavy atom. The van der Waals surface area contributed by atoms with Gasteiger partial charge in [-0.3, -0.25) is 0 Å². The number of carbonyl (C=O) groups is 1. The molecule has 33 heavy (non-hydrogen) atoms. The predicted molar refractivity (Wildman–Crippen MR) is 123 cm³/mol. The van der Waals surface area contributed by atoms with Gasteiger partial charge in [-0.05, 0) is 59.3 Å². The van der Waals surface area contributed by atoms with Crippen LogP contribution in [0.1, 0.15) is 21.5 Å². The summed E-state index contributed by atoms with van der Waals surface area (Å²) in [5, 5.41) is 11.3. The van der Waals surface area contributed by atoms with Crippen LogP contribution in [0.2, 0.25) is 0 Å². The first-order valence-corrected chi connectivity index (χ1v) is 12.0. The van der Waals surface area contributed by atoms with Gasteiger partial charge < -0.3 is 9.67 Å². The van der Waals surface area contributed by atoms with E-state index in [1.54, 1.807) is 52.7 Å². The molecule has 0 saturated heterocycles. The van der Waals surface area contributed by atoms with E-state index in [4.69, 9.17) is 0 Å². The number of hydrogen-bond donors (Lipinski definition) is 1. The predicted octanol–water partition coefficient (Wildman–Crippen LogP) is 4.58. The lowest BCUT2D eigenvalue weighted by atomic mass is 10.1. The normalized spacial score (nSPS) is 10.9. The van der Waals surface area contributed by atoms with Crippen LogP contribution in [-0.2, 0) is 16.6 Å². The molecule has 166 valence electrons. The molecule has 0 spiro atoms. The second-order valence-electron chi connectivity index (χ2n) is 6.90. The molecule has 0 amide bonds. The Morgan fingerprint density at radius 1 is 1.03 bits per heavy atom. The summed E-state index contributed by atoms with van der Waals surface area (Å²) in [6.45, 7) is -0.106. The van der Waals surface area contributed by atoms with E-state index < -0.39 is 21.8 Å². The van der Waals surface area contributed by atoms with Crippen molar-refractivity contribution < 1.29 is 22.7 Å². The molecular formula is C24H17FN2O4S2. The van der Waals surface area contributed by atoms with Crippen LogP contribution in [0, 0.1) is 17.8 Å². The fourth-order valence-electron chi connectivity index (χ4n) is 3.16. The van der Waals surface area contributed by atoms with Crippen LogP contribution in [0.4, 0.5) is 4.39 Å². The summed E-state index contributed by atoms with van der Waals surface area (Å²) in [4.78, 5) is 11.8. The monoisotopic (exact) mass is 480 g/mol. The Balaban J connectivity index is 1.82. The van der Waals surface area contributed by atoms with E-state index in [0.29, 0.717) is 16.8 Å². The Labute approximate surface area is 194 Å². The fourth-order valence-corrected chi connectivity index (χ4v) is 5.48. The van der Waals surface area contributed by atoms with E-state index in [1.165, 1.54) is 36.4 Å². The number of carboxylic acid groups (broad SMARTS) is 1. The zero-order valence-electron chi connectivity index (χ0n) is 17.1. The number of aromatic carboxylic acids is 1. The van der Waals surface area contributed by atoms with E-state index in [0.717, 1.165) is 15.6 Å². The molecule has 1 N–H and O–H groups in total. The van der Waals surface area contributed by atoms with Crippen molar-refractivity contribution >= 4 is 27.3 Å². The largest absolute Gasteiger partial charge is 0.478 e. The van der Waals surface area contributed by atoms with Crippen LogP contribution in [-0.4, -0.2) is 28.4 Å². The lowest BCUT2D eigenvalue weighted by molar-refractivity contribution is 0.0697. The van der Waals surface area contributed by atoms with Crippen LogP contribution < -0.4 is 0 Å². The van der Waals surface area contributed by atoms with Crippen LogP contribution in [0.3, 0.4) is 0 Å². The van der Waals surface area contributed by atoms with Gasteiger partial charge in [-0.25, -0.2) is 13.5 Å². The van der Waals surface area contributed by atoms with Gasteiger partial charge in [0.15, 0.2) is 0 Å². The van der Waals surface area contributed by atoms with Gasteiger partial charge in [-0.1, -0.05) is 24.3 Å². The minimum atomic E-state index is -3.97. The van der Waals surface area contributed by atoms with Crippen molar-refractivity contribution in [1.29, 1.82) is 0 Å². The first-order chi connectivity index (χ1) is 15.9. The second-order valence-corrected chi connectivity index (χ2v) is 9.94. The number of carboxylic acids is 1. The van der Waals surface area contributed by atoms with Gasteiger partial charge in [0.25, 0.3) is 10.0 Å². The first-order valence-electron chi connectivity index (χ1n) is 9.68. The van der Waals surface area contributed by atoms with Crippen molar-refractivity contribution in [3.63, 3.8) is 0 Å². The lowest BCUT2D eigenvalue weighted by Gasteiger charge is -2.17. The van der Waals surface area contributed by atoms with Gasteiger partial charge in [0.1, 0.15) is 10.0 Å². The maximum Gasteiger partial charge on any atom is 0.337 e. The van der Waals surface area contributed by atoms with Crippen LogP contribution in [0.15, 0.2) is 88.7 Å². The van der Waals surface area contributed by atoms with E-state index in [-0.39, 0.29) is 16.3 Å². The Bertz CT molecular complexity index is 1430. The number of hydrogen-bond acceptors (Lipinski definition) is 4. The Morgan fingerprint density at radius 2 is 1.76 bits per heavy atom. The van der Waals surface area contributed by atoms with Crippen molar-refractivity contribution in [1.82, 2.24) is 8.87 Å². The van der Waals surface area contributed by atoms with Gasteiger partial charge >= 0.3 is 5.97 Å². The third-order valence-electron chi connectivity index (χ3n) is 4.72. The average molecular weight is 481 g/mol. The number of para-hydroxylation sites is 1. The maximum absolute atomic E-state index is 13.3. The molecule has 2 aromatic heterocycles. The number of thiophene rings is 1. The number of sulfonamides is 1. The number of halogens is 1. The van der Waals surface area contributed by atoms with Gasteiger partial charge in [0.05, 0.1) is 23.4 Å². The summed E-state index contributed by atoms with van der Waals surface area (Å²) in [5.74, 6) is 1.28. The lowest BCUT2D eigenvalue weighted by Crippen LogP contribution is -2.25.